The molecule has 0 spiro atoms. The van der Waals surface area contributed by atoms with E-state index in [-0.39, 0.29) is 5.91 Å². The Morgan fingerprint density at radius 2 is 2.29 bits per heavy atom. The number of unbranched alkanes of at least 4 members (excludes halogenated alkanes) is 1. The highest BCUT2D eigenvalue weighted by atomic mass is 32.1. The Hall–Kier alpha value is -1.50. The van der Waals surface area contributed by atoms with E-state index >= 15 is 0 Å². The Morgan fingerprint density at radius 1 is 1.53 bits per heavy atom. The molecule has 0 bridgehead atoms. The Bertz CT molecular complexity index is 367. The first-order valence-corrected chi connectivity index (χ1v) is 6.32. The summed E-state index contributed by atoms with van der Waals surface area (Å²) in [5.74, 6) is 0.769. The van der Waals surface area contributed by atoms with Gasteiger partial charge >= 0.3 is 0 Å². The smallest absolute Gasteiger partial charge is 0.217 e. The van der Waals surface area contributed by atoms with Crippen LogP contribution in [0.3, 0.4) is 0 Å². The van der Waals surface area contributed by atoms with Gasteiger partial charge in [0.1, 0.15) is 0 Å². The number of nitrogens with two attached hydrogens (primary N) is 2. The van der Waals surface area contributed by atoms with Crippen molar-refractivity contribution in [3.05, 3.63) is 0 Å². The number of nitrogen functional groups attached to an aromatic ring is 1. The molecule has 1 aromatic rings. The number of anilines is 2. The van der Waals surface area contributed by atoms with Gasteiger partial charge in [-0.2, -0.15) is 4.37 Å². The van der Waals surface area contributed by atoms with E-state index in [0.717, 1.165) is 24.4 Å². The molecule has 6 nitrogen and oxygen atoms in total. The highest BCUT2D eigenvalue weighted by Crippen LogP contribution is 2.34. The van der Waals surface area contributed by atoms with Gasteiger partial charge in [0.25, 0.3) is 0 Å². The maximum Gasteiger partial charge on any atom is 0.217 e. The zero-order valence-corrected chi connectivity index (χ0v) is 10.7. The first-order chi connectivity index (χ1) is 8.15. The van der Waals surface area contributed by atoms with Crippen LogP contribution in [0.25, 0.3) is 0 Å². The molecule has 0 unspecified atom stereocenters. The van der Waals surface area contributed by atoms with Crippen LogP contribution in [0.1, 0.15) is 26.2 Å². The quantitative estimate of drug-likeness (QED) is 0.608. The Kier molecular flexibility index (Phi) is 5.55. The van der Waals surface area contributed by atoms with Crippen LogP contribution < -0.4 is 21.5 Å². The van der Waals surface area contributed by atoms with E-state index in [9.17, 15) is 4.79 Å². The van der Waals surface area contributed by atoms with Gasteiger partial charge in [0.05, 0.1) is 6.61 Å². The molecule has 1 rings (SSSR count). The molecular formula is C10H18N4O2S. The summed E-state index contributed by atoms with van der Waals surface area (Å²) in [5.41, 5.74) is 10.7. The summed E-state index contributed by atoms with van der Waals surface area (Å²) in [6.07, 6.45) is 2.07. The Morgan fingerprint density at radius 3 is 2.94 bits per heavy atom. The van der Waals surface area contributed by atoms with E-state index in [0.29, 0.717) is 24.6 Å². The largest absolute Gasteiger partial charge is 0.487 e. The number of primary amides is 1. The van der Waals surface area contributed by atoms with Crippen molar-refractivity contribution < 1.29 is 9.53 Å². The molecule has 0 saturated heterocycles. The van der Waals surface area contributed by atoms with E-state index < -0.39 is 0 Å². The summed E-state index contributed by atoms with van der Waals surface area (Å²) in [6, 6.07) is 0. The van der Waals surface area contributed by atoms with Crippen molar-refractivity contribution in [2.45, 2.75) is 26.2 Å². The van der Waals surface area contributed by atoms with Gasteiger partial charge in [-0.15, -0.1) is 0 Å². The normalized spacial score (nSPS) is 10.2. The van der Waals surface area contributed by atoms with Gasteiger partial charge in [0.15, 0.2) is 16.6 Å². The Labute approximate surface area is 104 Å². The van der Waals surface area contributed by atoms with Gasteiger partial charge in [0.2, 0.25) is 5.91 Å². The molecule has 0 aliphatic rings. The number of amides is 1. The lowest BCUT2D eigenvalue weighted by Crippen LogP contribution is -2.10. The summed E-state index contributed by atoms with van der Waals surface area (Å²) in [7, 11) is 0. The number of carbonyl (C=O) groups excluding carboxylic acids is 1. The molecule has 17 heavy (non-hydrogen) atoms. The summed E-state index contributed by atoms with van der Waals surface area (Å²) in [4.78, 5) is 10.5. The fraction of sp³-hybridized carbons (Fsp3) is 0.600. The molecule has 0 aliphatic carbocycles. The van der Waals surface area contributed by atoms with Crippen LogP contribution in [0.5, 0.6) is 5.75 Å². The van der Waals surface area contributed by atoms with Crippen LogP contribution in [0.15, 0.2) is 0 Å². The number of nitrogens with one attached hydrogen (secondary N) is 1. The second-order valence-electron chi connectivity index (χ2n) is 3.51. The molecule has 7 heteroatoms. The van der Waals surface area contributed by atoms with E-state index in [4.69, 9.17) is 16.2 Å². The number of hydrogen-bond donors (Lipinski definition) is 3. The van der Waals surface area contributed by atoms with Crippen LogP contribution in [-0.4, -0.2) is 23.4 Å². The lowest BCUT2D eigenvalue weighted by Gasteiger charge is -2.06. The topological polar surface area (TPSA) is 103 Å². The molecule has 0 aromatic carbocycles. The third-order valence-electron chi connectivity index (χ3n) is 2.10. The van der Waals surface area contributed by atoms with Crippen molar-refractivity contribution >= 4 is 28.3 Å². The average molecular weight is 258 g/mol. The van der Waals surface area contributed by atoms with Gasteiger partial charge in [-0.25, -0.2) is 0 Å². The Balaban J connectivity index is 2.33. The van der Waals surface area contributed by atoms with E-state index in [1.807, 2.05) is 6.92 Å². The number of rotatable bonds is 8. The van der Waals surface area contributed by atoms with Crippen molar-refractivity contribution in [3.63, 3.8) is 0 Å². The summed E-state index contributed by atoms with van der Waals surface area (Å²) >= 11 is 1.28. The molecule has 5 N–H and O–H groups in total. The second-order valence-corrected chi connectivity index (χ2v) is 4.28. The average Bonchev–Trinajstić information content (AvgIpc) is 2.61. The van der Waals surface area contributed by atoms with Crippen LogP contribution in [0, 0.1) is 0 Å². The van der Waals surface area contributed by atoms with Gasteiger partial charge in [0, 0.05) is 13.0 Å². The summed E-state index contributed by atoms with van der Waals surface area (Å²) in [5, 5.41) is 4.03. The second kappa shape index (κ2) is 6.95. The van der Waals surface area contributed by atoms with Crippen LogP contribution >= 0.6 is 11.5 Å². The highest BCUT2D eigenvalue weighted by Gasteiger charge is 2.11. The van der Waals surface area contributed by atoms with Gasteiger partial charge in [-0.05, 0) is 31.3 Å². The van der Waals surface area contributed by atoms with E-state index in [2.05, 4.69) is 9.69 Å². The fourth-order valence-electron chi connectivity index (χ4n) is 1.32. The number of aromatic nitrogens is 1. The third-order valence-corrected chi connectivity index (χ3v) is 2.90. The predicted molar refractivity (Wildman–Crippen MR) is 69.2 cm³/mol. The highest BCUT2D eigenvalue weighted by molar-refractivity contribution is 7.11. The molecule has 0 fully saturated rings. The van der Waals surface area contributed by atoms with Crippen molar-refractivity contribution in [2.75, 3.05) is 24.2 Å². The minimum absolute atomic E-state index is 0.262. The maximum absolute atomic E-state index is 10.5. The number of carbonyl (C=O) groups is 1. The number of nitrogens with zero attached hydrogens (tertiary/aromatic N) is 1. The predicted octanol–water partition coefficient (Wildman–Crippen LogP) is 1.19. The van der Waals surface area contributed by atoms with Crippen molar-refractivity contribution in [1.29, 1.82) is 0 Å². The van der Waals surface area contributed by atoms with Crippen molar-refractivity contribution in [3.8, 4) is 5.75 Å². The molecule has 0 atom stereocenters. The fourth-order valence-corrected chi connectivity index (χ4v) is 2.00. The minimum atomic E-state index is -0.262. The molecule has 1 amide bonds. The van der Waals surface area contributed by atoms with Crippen LogP contribution in [-0.2, 0) is 4.79 Å². The standard InChI is InChI=1S/C10H18N4O2S/c1-2-16-8-9(12)14-17-10(8)13-6-4-3-5-7(11)15/h13H,2-6H2,1H3,(H2,11,15)(H2,12,14). The van der Waals surface area contributed by atoms with Crippen LogP contribution in [0.4, 0.5) is 10.8 Å². The molecule has 0 radical (unpaired) electrons. The molecule has 96 valence electrons. The molecule has 0 saturated carbocycles. The lowest BCUT2D eigenvalue weighted by atomic mass is 10.2. The van der Waals surface area contributed by atoms with Gasteiger partial charge < -0.3 is 21.5 Å². The van der Waals surface area contributed by atoms with Crippen LogP contribution in [0.2, 0.25) is 0 Å². The van der Waals surface area contributed by atoms with E-state index in [1.165, 1.54) is 11.5 Å². The molecule has 1 heterocycles. The van der Waals surface area contributed by atoms with Gasteiger partial charge in [-0.3, -0.25) is 4.79 Å². The maximum atomic E-state index is 10.5. The summed E-state index contributed by atoms with van der Waals surface area (Å²) in [6.45, 7) is 3.20. The first kappa shape index (κ1) is 13.6. The van der Waals surface area contributed by atoms with E-state index in [1.54, 1.807) is 0 Å². The van der Waals surface area contributed by atoms with Crippen molar-refractivity contribution in [1.82, 2.24) is 4.37 Å². The lowest BCUT2D eigenvalue weighted by molar-refractivity contribution is -0.118. The molecular weight excluding hydrogens is 240 g/mol. The van der Waals surface area contributed by atoms with Crippen molar-refractivity contribution in [2.24, 2.45) is 5.73 Å². The van der Waals surface area contributed by atoms with Gasteiger partial charge in [-0.1, -0.05) is 0 Å². The minimum Gasteiger partial charge on any atom is -0.487 e. The number of hydrogen-bond acceptors (Lipinski definition) is 6. The zero-order valence-electron chi connectivity index (χ0n) is 9.86. The SMILES string of the molecule is CCOc1c(N)nsc1NCCCCC(N)=O. The number of ether oxygens (including phenoxy) is 1. The first-order valence-electron chi connectivity index (χ1n) is 5.55. The molecule has 0 aliphatic heterocycles. The molecule has 1 aromatic heterocycles. The zero-order chi connectivity index (χ0) is 12.7. The summed E-state index contributed by atoms with van der Waals surface area (Å²) < 4.78 is 9.41. The third kappa shape index (κ3) is 4.48. The monoisotopic (exact) mass is 258 g/mol.